The van der Waals surface area contributed by atoms with Crippen molar-refractivity contribution < 1.29 is 14.7 Å². The fourth-order valence-electron chi connectivity index (χ4n) is 2.10. The van der Waals surface area contributed by atoms with Crippen LogP contribution < -0.4 is 5.32 Å². The Morgan fingerprint density at radius 3 is 2.79 bits per heavy atom. The number of nitrogens with one attached hydrogen (secondary N) is 1. The van der Waals surface area contributed by atoms with E-state index in [1.807, 2.05) is 0 Å². The quantitative estimate of drug-likeness (QED) is 0.778. The van der Waals surface area contributed by atoms with E-state index in [4.69, 9.17) is 28.3 Å². The number of benzene rings is 1. The Morgan fingerprint density at radius 2 is 2.12 bits per heavy atom. The Kier molecular flexibility index (Phi) is 6.16. The van der Waals surface area contributed by atoms with Gasteiger partial charge < -0.3 is 10.4 Å². The predicted molar refractivity (Wildman–Crippen MR) is 88.8 cm³/mol. The summed E-state index contributed by atoms with van der Waals surface area (Å²) in [6.45, 7) is 1.70. The van der Waals surface area contributed by atoms with Crippen molar-refractivity contribution in [1.29, 1.82) is 0 Å². The van der Waals surface area contributed by atoms with Gasteiger partial charge >= 0.3 is 5.97 Å². The van der Waals surface area contributed by atoms with Crippen molar-refractivity contribution in [2.24, 2.45) is 5.92 Å². The minimum absolute atomic E-state index is 0.159. The first-order chi connectivity index (χ1) is 11.3. The van der Waals surface area contributed by atoms with Gasteiger partial charge in [0.25, 0.3) is 0 Å². The number of amides is 1. The Balaban J connectivity index is 1.87. The number of carboxylic acids is 1. The van der Waals surface area contributed by atoms with Crippen LogP contribution in [-0.2, 0) is 29.1 Å². The van der Waals surface area contributed by atoms with E-state index in [1.54, 1.807) is 25.1 Å². The third-order valence-corrected chi connectivity index (χ3v) is 3.90. The molecule has 2 aromatic rings. The number of aromatic nitrogens is 3. The molecule has 0 spiro atoms. The fourth-order valence-corrected chi connectivity index (χ4v) is 2.58. The second kappa shape index (κ2) is 8.12. The van der Waals surface area contributed by atoms with Gasteiger partial charge in [-0.05, 0) is 24.1 Å². The van der Waals surface area contributed by atoms with Gasteiger partial charge in [0.15, 0.2) is 0 Å². The average molecular weight is 371 g/mol. The number of aliphatic carboxylic acids is 1. The lowest BCUT2D eigenvalue weighted by atomic mass is 10.0. The van der Waals surface area contributed by atoms with E-state index in [2.05, 4.69) is 15.6 Å². The summed E-state index contributed by atoms with van der Waals surface area (Å²) in [6.07, 6.45) is 1.96. The van der Waals surface area contributed by atoms with Gasteiger partial charge in [0.1, 0.15) is 12.2 Å². The monoisotopic (exact) mass is 370 g/mol. The lowest BCUT2D eigenvalue weighted by molar-refractivity contribution is -0.138. The first-order valence-electron chi connectivity index (χ1n) is 7.17. The molecule has 0 saturated carbocycles. The highest BCUT2D eigenvalue weighted by Gasteiger charge is 2.16. The molecule has 0 fully saturated rings. The van der Waals surface area contributed by atoms with Crippen molar-refractivity contribution in [3.8, 4) is 0 Å². The van der Waals surface area contributed by atoms with Gasteiger partial charge in [-0.1, -0.05) is 41.4 Å². The van der Waals surface area contributed by atoms with Crippen LogP contribution in [0, 0.1) is 5.92 Å². The van der Waals surface area contributed by atoms with Crippen LogP contribution in [0.3, 0.4) is 0 Å². The summed E-state index contributed by atoms with van der Waals surface area (Å²) in [5, 5.41) is 20.0. The molecule has 2 N–H and O–H groups in total. The van der Waals surface area contributed by atoms with E-state index in [0.29, 0.717) is 22.2 Å². The number of nitrogens with zero attached hydrogens (tertiary/aromatic N) is 3. The number of carboxylic acid groups (broad SMARTS) is 1. The number of hydrogen-bond acceptors (Lipinski definition) is 4. The fraction of sp³-hybridized carbons (Fsp3) is 0.333. The highest BCUT2D eigenvalue weighted by molar-refractivity contribution is 6.35. The van der Waals surface area contributed by atoms with Gasteiger partial charge in [-0.2, -0.15) is 0 Å². The van der Waals surface area contributed by atoms with Gasteiger partial charge in [-0.3, -0.25) is 9.59 Å². The van der Waals surface area contributed by atoms with Crippen LogP contribution in [0.25, 0.3) is 0 Å². The van der Waals surface area contributed by atoms with E-state index in [-0.39, 0.29) is 24.9 Å². The molecule has 24 heavy (non-hydrogen) atoms. The first-order valence-corrected chi connectivity index (χ1v) is 7.93. The Morgan fingerprint density at radius 1 is 1.38 bits per heavy atom. The molecule has 1 atom stereocenters. The summed E-state index contributed by atoms with van der Waals surface area (Å²) in [6, 6.07) is 5.17. The minimum atomic E-state index is -1.01. The van der Waals surface area contributed by atoms with Crippen LogP contribution in [0.2, 0.25) is 10.0 Å². The van der Waals surface area contributed by atoms with Crippen LogP contribution in [0.15, 0.2) is 24.4 Å². The number of carbonyl (C=O) groups excluding carboxylic acids is 1. The summed E-state index contributed by atoms with van der Waals surface area (Å²) in [5.41, 5.74) is 1.33. The topological polar surface area (TPSA) is 97.1 Å². The van der Waals surface area contributed by atoms with Crippen LogP contribution >= 0.6 is 23.2 Å². The van der Waals surface area contributed by atoms with Crippen molar-refractivity contribution in [3.63, 3.8) is 0 Å². The lowest BCUT2D eigenvalue weighted by Gasteiger charge is -2.12. The molecule has 0 saturated heterocycles. The first kappa shape index (κ1) is 18.2. The molecule has 7 nitrogen and oxygen atoms in total. The zero-order valence-corrected chi connectivity index (χ0v) is 14.4. The molecular weight excluding hydrogens is 355 g/mol. The van der Waals surface area contributed by atoms with E-state index >= 15 is 0 Å². The molecular formula is C15H16Cl2N4O3. The number of hydrogen-bond donors (Lipinski definition) is 2. The second-order valence-corrected chi connectivity index (χ2v) is 6.20. The Labute approximate surface area is 148 Å². The summed E-state index contributed by atoms with van der Waals surface area (Å²) in [5.74, 6) is -1.46. The van der Waals surface area contributed by atoms with E-state index in [0.717, 1.165) is 5.56 Å². The maximum atomic E-state index is 12.2. The molecule has 2 rings (SSSR count). The van der Waals surface area contributed by atoms with Crippen LogP contribution in [0.5, 0.6) is 0 Å². The minimum Gasteiger partial charge on any atom is -0.480 e. The number of rotatable bonds is 7. The average Bonchev–Trinajstić information content (AvgIpc) is 2.94. The van der Waals surface area contributed by atoms with Gasteiger partial charge in [0, 0.05) is 16.0 Å². The molecule has 1 heterocycles. The SMILES string of the molecule is CC(Cc1ccc(Cl)cc1Cl)C(=O)NCc1cn(CC(=O)O)nn1. The maximum absolute atomic E-state index is 12.2. The molecule has 1 amide bonds. The largest absolute Gasteiger partial charge is 0.480 e. The summed E-state index contributed by atoms with van der Waals surface area (Å²) in [4.78, 5) is 22.7. The third-order valence-electron chi connectivity index (χ3n) is 3.32. The van der Waals surface area contributed by atoms with Crippen LogP contribution in [0.4, 0.5) is 0 Å². The normalized spacial score (nSPS) is 12.0. The molecule has 1 aromatic carbocycles. The Hall–Kier alpha value is -2.12. The summed E-state index contributed by atoms with van der Waals surface area (Å²) in [7, 11) is 0. The van der Waals surface area contributed by atoms with Gasteiger partial charge in [0.2, 0.25) is 5.91 Å². The molecule has 128 valence electrons. The highest BCUT2D eigenvalue weighted by atomic mass is 35.5. The molecule has 0 aliphatic rings. The molecule has 1 aromatic heterocycles. The van der Waals surface area contributed by atoms with E-state index in [9.17, 15) is 9.59 Å². The van der Waals surface area contributed by atoms with Crippen molar-refractivity contribution in [1.82, 2.24) is 20.3 Å². The predicted octanol–water partition coefficient (Wildman–Crippen LogP) is 2.16. The van der Waals surface area contributed by atoms with Crippen molar-refractivity contribution in [2.45, 2.75) is 26.4 Å². The lowest BCUT2D eigenvalue weighted by Crippen LogP contribution is -2.30. The van der Waals surface area contributed by atoms with E-state index < -0.39 is 5.97 Å². The molecule has 0 radical (unpaired) electrons. The van der Waals surface area contributed by atoms with Crippen molar-refractivity contribution in [2.75, 3.05) is 0 Å². The zero-order valence-electron chi connectivity index (χ0n) is 12.9. The van der Waals surface area contributed by atoms with Crippen LogP contribution in [-0.4, -0.2) is 32.0 Å². The molecule has 0 aliphatic carbocycles. The van der Waals surface area contributed by atoms with Gasteiger partial charge in [-0.15, -0.1) is 5.10 Å². The second-order valence-electron chi connectivity index (χ2n) is 5.36. The number of halogens is 2. The Bertz CT molecular complexity index is 748. The zero-order chi connectivity index (χ0) is 17.7. The van der Waals surface area contributed by atoms with Crippen LogP contribution in [0.1, 0.15) is 18.2 Å². The summed E-state index contributed by atoms with van der Waals surface area (Å²) < 4.78 is 1.20. The summed E-state index contributed by atoms with van der Waals surface area (Å²) >= 11 is 12.0. The molecule has 9 heteroatoms. The van der Waals surface area contributed by atoms with Gasteiger partial charge in [-0.25, -0.2) is 4.68 Å². The molecule has 1 unspecified atom stereocenters. The molecule has 0 aliphatic heterocycles. The van der Waals surface area contributed by atoms with Crippen molar-refractivity contribution >= 4 is 35.1 Å². The maximum Gasteiger partial charge on any atom is 0.325 e. The highest BCUT2D eigenvalue weighted by Crippen LogP contribution is 2.23. The van der Waals surface area contributed by atoms with E-state index in [1.165, 1.54) is 10.9 Å². The van der Waals surface area contributed by atoms with Gasteiger partial charge in [0.05, 0.1) is 12.7 Å². The standard InChI is InChI=1S/C15H16Cl2N4O3/c1-9(4-10-2-3-11(16)5-13(10)17)15(24)18-6-12-7-21(20-19-12)8-14(22)23/h2-3,5,7,9H,4,6,8H2,1H3,(H,18,24)(H,22,23). The molecule has 0 bridgehead atoms. The third kappa shape index (κ3) is 5.21. The van der Waals surface area contributed by atoms with Crippen molar-refractivity contribution in [3.05, 3.63) is 45.7 Å². The number of carbonyl (C=O) groups is 2. The smallest absolute Gasteiger partial charge is 0.325 e.